The summed E-state index contributed by atoms with van der Waals surface area (Å²) in [5.74, 6) is -1.01. The van der Waals surface area contributed by atoms with Crippen molar-refractivity contribution in [3.05, 3.63) is 0 Å². The summed E-state index contributed by atoms with van der Waals surface area (Å²) in [5, 5.41) is 6.79. The van der Waals surface area contributed by atoms with Crippen LogP contribution in [0, 0.1) is 11.8 Å². The molecular formula is C11H18N4O2S. The van der Waals surface area contributed by atoms with E-state index in [9.17, 15) is 9.59 Å². The molecule has 2 atom stereocenters. The van der Waals surface area contributed by atoms with E-state index in [2.05, 4.69) is 28.1 Å². The lowest BCUT2D eigenvalue weighted by molar-refractivity contribution is -0.128. The van der Waals surface area contributed by atoms with Gasteiger partial charge >= 0.3 is 0 Å². The molecule has 1 heterocycles. The van der Waals surface area contributed by atoms with E-state index in [4.69, 9.17) is 5.73 Å². The van der Waals surface area contributed by atoms with Crippen LogP contribution in [-0.2, 0) is 9.59 Å². The van der Waals surface area contributed by atoms with E-state index in [-0.39, 0.29) is 22.8 Å². The molecule has 18 heavy (non-hydrogen) atoms. The number of rotatable bonds is 4. The summed E-state index contributed by atoms with van der Waals surface area (Å²) in [5.41, 5.74) is 8.21. The van der Waals surface area contributed by atoms with Gasteiger partial charge in [-0.25, -0.2) is 0 Å². The first-order valence-electron chi connectivity index (χ1n) is 5.76. The SMILES string of the molecule is CC(=O)C1C(=O)NC(CC(C)C)C1=NNC(N)=S. The molecule has 0 spiro atoms. The summed E-state index contributed by atoms with van der Waals surface area (Å²) in [4.78, 5) is 23.3. The van der Waals surface area contributed by atoms with E-state index < -0.39 is 5.92 Å². The summed E-state index contributed by atoms with van der Waals surface area (Å²) in [6, 6.07) is -0.242. The molecule has 2 unspecified atom stereocenters. The molecule has 0 aromatic rings. The highest BCUT2D eigenvalue weighted by Gasteiger charge is 2.41. The summed E-state index contributed by atoms with van der Waals surface area (Å²) < 4.78 is 0. The molecule has 0 bridgehead atoms. The van der Waals surface area contributed by atoms with Crippen molar-refractivity contribution in [3.63, 3.8) is 0 Å². The normalized spacial score (nSPS) is 25.3. The third kappa shape index (κ3) is 3.49. The Morgan fingerprint density at radius 1 is 1.61 bits per heavy atom. The van der Waals surface area contributed by atoms with Crippen molar-refractivity contribution in [3.8, 4) is 0 Å². The van der Waals surface area contributed by atoms with Crippen molar-refractivity contribution in [2.24, 2.45) is 22.7 Å². The van der Waals surface area contributed by atoms with Gasteiger partial charge in [-0.1, -0.05) is 13.8 Å². The van der Waals surface area contributed by atoms with Gasteiger partial charge in [0.2, 0.25) is 5.91 Å². The third-order valence-electron chi connectivity index (χ3n) is 2.64. The number of carbonyl (C=O) groups is 2. The average molecular weight is 270 g/mol. The maximum absolute atomic E-state index is 11.8. The monoisotopic (exact) mass is 270 g/mol. The summed E-state index contributed by atoms with van der Waals surface area (Å²) in [6.07, 6.45) is 0.716. The van der Waals surface area contributed by atoms with Crippen LogP contribution in [0.25, 0.3) is 0 Å². The van der Waals surface area contributed by atoms with Crippen LogP contribution in [0.4, 0.5) is 0 Å². The van der Waals surface area contributed by atoms with Gasteiger partial charge in [0.25, 0.3) is 0 Å². The second-order valence-electron chi connectivity index (χ2n) is 4.75. The second-order valence-corrected chi connectivity index (χ2v) is 5.19. The fourth-order valence-corrected chi connectivity index (χ4v) is 2.02. The number of carbonyl (C=O) groups excluding carboxylic acids is 2. The number of hydrogen-bond donors (Lipinski definition) is 3. The van der Waals surface area contributed by atoms with E-state index in [1.165, 1.54) is 6.92 Å². The molecule has 1 aliphatic heterocycles. The number of hydrogen-bond acceptors (Lipinski definition) is 4. The minimum Gasteiger partial charge on any atom is -0.375 e. The van der Waals surface area contributed by atoms with Crippen molar-refractivity contribution in [2.75, 3.05) is 0 Å². The van der Waals surface area contributed by atoms with Crippen molar-refractivity contribution in [2.45, 2.75) is 33.2 Å². The standard InChI is InChI=1S/C11H18N4O2S/c1-5(2)4-7-9(14-15-11(12)18)8(6(3)16)10(17)13-7/h5,7-8H,4H2,1-3H3,(H,13,17)(H3,12,15,18). The first-order chi connectivity index (χ1) is 8.32. The van der Waals surface area contributed by atoms with Gasteiger partial charge in [0.05, 0.1) is 11.8 Å². The fourth-order valence-electron chi connectivity index (χ4n) is 1.97. The largest absolute Gasteiger partial charge is 0.375 e. The van der Waals surface area contributed by atoms with Crippen LogP contribution in [0.2, 0.25) is 0 Å². The van der Waals surface area contributed by atoms with Crippen LogP contribution in [-0.4, -0.2) is 28.6 Å². The number of amides is 1. The molecule has 1 saturated heterocycles. The van der Waals surface area contributed by atoms with Gasteiger partial charge in [0.15, 0.2) is 5.11 Å². The molecule has 0 saturated carbocycles. The van der Waals surface area contributed by atoms with Gasteiger partial charge in [-0.2, -0.15) is 5.10 Å². The first-order valence-corrected chi connectivity index (χ1v) is 6.17. The summed E-state index contributed by atoms with van der Waals surface area (Å²) >= 11 is 4.66. The van der Waals surface area contributed by atoms with E-state index >= 15 is 0 Å². The second kappa shape index (κ2) is 5.90. The molecule has 6 nitrogen and oxygen atoms in total. The number of nitrogens with two attached hydrogens (primary N) is 1. The Morgan fingerprint density at radius 2 is 2.22 bits per heavy atom. The van der Waals surface area contributed by atoms with Crippen LogP contribution in [0.5, 0.6) is 0 Å². The highest BCUT2D eigenvalue weighted by molar-refractivity contribution is 7.80. The number of thiocarbonyl (C=S) groups is 1. The van der Waals surface area contributed by atoms with E-state index in [1.54, 1.807) is 0 Å². The molecule has 1 rings (SSSR count). The molecule has 0 radical (unpaired) electrons. The molecule has 4 N–H and O–H groups in total. The molecule has 1 aliphatic rings. The van der Waals surface area contributed by atoms with Crippen LogP contribution >= 0.6 is 12.2 Å². The Kier molecular flexibility index (Phi) is 4.77. The molecule has 0 aromatic carbocycles. The Balaban J connectivity index is 2.98. The third-order valence-corrected chi connectivity index (χ3v) is 2.73. The maximum Gasteiger partial charge on any atom is 0.237 e. The van der Waals surface area contributed by atoms with Gasteiger partial charge in [-0.3, -0.25) is 15.0 Å². The van der Waals surface area contributed by atoms with Crippen LogP contribution in [0.3, 0.4) is 0 Å². The maximum atomic E-state index is 11.8. The van der Waals surface area contributed by atoms with Crippen molar-refractivity contribution >= 4 is 34.7 Å². The van der Waals surface area contributed by atoms with Crippen LogP contribution < -0.4 is 16.5 Å². The highest BCUT2D eigenvalue weighted by atomic mass is 32.1. The Morgan fingerprint density at radius 3 is 2.67 bits per heavy atom. The quantitative estimate of drug-likeness (QED) is 0.377. The number of nitrogens with zero attached hydrogens (tertiary/aromatic N) is 1. The zero-order valence-electron chi connectivity index (χ0n) is 10.7. The van der Waals surface area contributed by atoms with Crippen molar-refractivity contribution in [1.29, 1.82) is 0 Å². The lowest BCUT2D eigenvalue weighted by Gasteiger charge is -2.14. The molecule has 0 aliphatic carbocycles. The predicted octanol–water partition coefficient (Wildman–Crippen LogP) is -0.0747. The lowest BCUT2D eigenvalue weighted by Crippen LogP contribution is -2.34. The van der Waals surface area contributed by atoms with E-state index in [1.807, 2.05) is 13.8 Å². The van der Waals surface area contributed by atoms with Crippen molar-refractivity contribution in [1.82, 2.24) is 10.7 Å². The average Bonchev–Trinajstić information content (AvgIpc) is 2.50. The van der Waals surface area contributed by atoms with Gasteiger partial charge in [-0.15, -0.1) is 0 Å². The Hall–Kier alpha value is -1.50. The van der Waals surface area contributed by atoms with E-state index in [0.717, 1.165) is 0 Å². The molecule has 100 valence electrons. The number of nitrogens with one attached hydrogen (secondary N) is 2. The van der Waals surface area contributed by atoms with Gasteiger partial charge in [0, 0.05) is 0 Å². The van der Waals surface area contributed by atoms with Crippen LogP contribution in [0.15, 0.2) is 5.10 Å². The lowest BCUT2D eigenvalue weighted by atomic mass is 9.94. The smallest absolute Gasteiger partial charge is 0.237 e. The van der Waals surface area contributed by atoms with E-state index in [0.29, 0.717) is 18.1 Å². The number of hydrazone groups is 1. The van der Waals surface area contributed by atoms with Crippen LogP contribution in [0.1, 0.15) is 27.2 Å². The molecule has 0 aromatic heterocycles. The fraction of sp³-hybridized carbons (Fsp3) is 0.636. The minimum atomic E-state index is -0.837. The summed E-state index contributed by atoms with van der Waals surface area (Å²) in [7, 11) is 0. The summed E-state index contributed by atoms with van der Waals surface area (Å²) in [6.45, 7) is 5.44. The first kappa shape index (κ1) is 14.6. The topological polar surface area (TPSA) is 96.6 Å². The zero-order valence-corrected chi connectivity index (χ0v) is 11.5. The van der Waals surface area contributed by atoms with Gasteiger partial charge in [0.1, 0.15) is 11.7 Å². The predicted molar refractivity (Wildman–Crippen MR) is 72.9 cm³/mol. The van der Waals surface area contributed by atoms with Crippen molar-refractivity contribution < 1.29 is 9.59 Å². The highest BCUT2D eigenvalue weighted by Crippen LogP contribution is 2.19. The van der Waals surface area contributed by atoms with Gasteiger partial charge in [-0.05, 0) is 31.5 Å². The molecule has 1 amide bonds. The zero-order chi connectivity index (χ0) is 13.9. The number of ketones is 1. The Bertz CT molecular complexity index is 406. The van der Waals surface area contributed by atoms with Gasteiger partial charge < -0.3 is 11.1 Å². The molecular weight excluding hydrogens is 252 g/mol. The number of Topliss-reactive ketones (excluding diaryl/α,β-unsaturated/α-hetero) is 1. The molecule has 1 fully saturated rings. The molecule has 7 heteroatoms. The minimum absolute atomic E-state index is 0.00690. The Labute approximate surface area is 111 Å².